The van der Waals surface area contributed by atoms with E-state index in [2.05, 4.69) is 0 Å². The zero-order valence-electron chi connectivity index (χ0n) is 20.6. The van der Waals surface area contributed by atoms with Crippen LogP contribution in [0, 0.1) is 0 Å². The number of halogens is 1. The van der Waals surface area contributed by atoms with Crippen LogP contribution in [0.5, 0.6) is 5.75 Å². The van der Waals surface area contributed by atoms with E-state index in [4.69, 9.17) is 16.3 Å². The molecule has 1 saturated heterocycles. The smallest absolute Gasteiger partial charge is 0.407 e. The number of aliphatic hydroxyl groups excluding tert-OH is 3. The molecule has 1 unspecified atom stereocenters. The van der Waals surface area contributed by atoms with Crippen molar-refractivity contribution >= 4 is 28.6 Å². The number of thiol groups is 1. The predicted octanol–water partition coefficient (Wildman–Crippen LogP) is 3.86. The Bertz CT molecular complexity index is 1010. The van der Waals surface area contributed by atoms with Crippen LogP contribution in [-0.4, -0.2) is 80.4 Å². The molecule has 0 aliphatic carbocycles. The lowest BCUT2D eigenvalue weighted by atomic mass is 9.96. The fourth-order valence-electron chi connectivity index (χ4n) is 4.45. The van der Waals surface area contributed by atoms with Gasteiger partial charge >= 0.3 is 6.09 Å². The number of benzene rings is 2. The summed E-state index contributed by atoms with van der Waals surface area (Å²) in [5, 5.41) is 40.6. The summed E-state index contributed by atoms with van der Waals surface area (Å²) in [6.45, 7) is 6.05. The summed E-state index contributed by atoms with van der Waals surface area (Å²) < 4.78 is 5.75. The van der Waals surface area contributed by atoms with Gasteiger partial charge in [0, 0.05) is 21.6 Å². The fourth-order valence-corrected chi connectivity index (χ4v) is 7.04. The molecule has 35 heavy (non-hydrogen) atoms. The standard InChI is InChI=1S/C26H36ClNO6S/c1-26(2,3)28(25(32)33)11-12-34-19-8-5-16(6-9-19)13-18-14-17(7-10-20(18)27)24-23(31)22(30)21(29)15-35(24)4/h5-10,14,21-24,29-31,35H,11-13,15H2,1-4H3,(H,32,33)/t21-,22-,23-,24+/m1/s1. The molecule has 9 heteroatoms. The Labute approximate surface area is 214 Å². The molecule has 194 valence electrons. The molecule has 1 fully saturated rings. The normalized spacial score (nSPS) is 25.8. The monoisotopic (exact) mass is 525 g/mol. The Morgan fingerprint density at radius 2 is 1.77 bits per heavy atom. The number of carboxylic acid groups (broad SMARTS) is 1. The average molecular weight is 526 g/mol. The Balaban J connectivity index is 1.66. The highest BCUT2D eigenvalue weighted by Crippen LogP contribution is 2.48. The summed E-state index contributed by atoms with van der Waals surface area (Å²) in [7, 11) is -0.705. The molecule has 1 amide bonds. The van der Waals surface area contributed by atoms with E-state index in [0.29, 0.717) is 22.9 Å². The minimum atomic E-state index is -1.16. The topological polar surface area (TPSA) is 110 Å². The first-order valence-corrected chi connectivity index (χ1v) is 14.1. The second-order valence-electron chi connectivity index (χ2n) is 10.1. The summed E-state index contributed by atoms with van der Waals surface area (Å²) in [5.74, 6) is 1.14. The van der Waals surface area contributed by atoms with E-state index < -0.39 is 40.8 Å². The van der Waals surface area contributed by atoms with Gasteiger partial charge in [0.05, 0.1) is 18.8 Å². The van der Waals surface area contributed by atoms with Gasteiger partial charge < -0.3 is 30.1 Å². The molecule has 0 radical (unpaired) electrons. The summed E-state index contributed by atoms with van der Waals surface area (Å²) in [6, 6.07) is 13.3. The van der Waals surface area contributed by atoms with E-state index in [1.165, 1.54) is 4.90 Å². The molecule has 5 atom stereocenters. The second kappa shape index (κ2) is 11.4. The predicted molar refractivity (Wildman–Crippen MR) is 141 cm³/mol. The van der Waals surface area contributed by atoms with Gasteiger partial charge in [-0.25, -0.2) is 15.7 Å². The number of rotatable bonds is 7. The van der Waals surface area contributed by atoms with E-state index in [1.807, 2.05) is 69.5 Å². The summed E-state index contributed by atoms with van der Waals surface area (Å²) in [4.78, 5) is 12.8. The van der Waals surface area contributed by atoms with E-state index in [9.17, 15) is 25.2 Å². The van der Waals surface area contributed by atoms with E-state index >= 15 is 0 Å². The van der Waals surface area contributed by atoms with Crippen LogP contribution >= 0.6 is 22.5 Å². The van der Waals surface area contributed by atoms with Gasteiger partial charge in [-0.1, -0.05) is 35.9 Å². The van der Waals surface area contributed by atoms with Gasteiger partial charge in [-0.2, -0.15) is 0 Å². The highest BCUT2D eigenvalue weighted by molar-refractivity contribution is 8.16. The van der Waals surface area contributed by atoms with Crippen molar-refractivity contribution in [3.8, 4) is 5.75 Å². The number of nitrogens with zero attached hydrogens (tertiary/aromatic N) is 1. The number of ether oxygens (including phenoxy) is 1. The molecular weight excluding hydrogens is 490 g/mol. The largest absolute Gasteiger partial charge is 0.492 e. The Hall–Kier alpha value is -1.97. The average Bonchev–Trinajstić information content (AvgIpc) is 2.77. The summed E-state index contributed by atoms with van der Waals surface area (Å²) in [5.41, 5.74) is 2.35. The Kier molecular flexibility index (Phi) is 8.99. The van der Waals surface area contributed by atoms with E-state index in [1.54, 1.807) is 0 Å². The van der Waals surface area contributed by atoms with Crippen molar-refractivity contribution in [3.63, 3.8) is 0 Å². The van der Waals surface area contributed by atoms with Crippen molar-refractivity contribution in [2.45, 2.75) is 56.3 Å². The van der Waals surface area contributed by atoms with E-state index in [0.717, 1.165) is 16.7 Å². The fraction of sp³-hybridized carbons (Fsp3) is 0.500. The highest BCUT2D eigenvalue weighted by atomic mass is 35.5. The maximum atomic E-state index is 11.4. The Morgan fingerprint density at radius 3 is 2.37 bits per heavy atom. The van der Waals surface area contributed by atoms with Gasteiger partial charge in [-0.05, 0) is 68.3 Å². The number of carbonyl (C=O) groups is 1. The molecule has 0 bridgehead atoms. The first kappa shape index (κ1) is 27.6. The van der Waals surface area contributed by atoms with Crippen LogP contribution in [-0.2, 0) is 6.42 Å². The van der Waals surface area contributed by atoms with Crippen molar-refractivity contribution in [1.29, 1.82) is 0 Å². The van der Waals surface area contributed by atoms with Crippen LogP contribution in [0.2, 0.25) is 5.02 Å². The van der Waals surface area contributed by atoms with Gasteiger partial charge in [0.25, 0.3) is 0 Å². The van der Waals surface area contributed by atoms with Crippen LogP contribution in [0.25, 0.3) is 0 Å². The zero-order chi connectivity index (χ0) is 25.9. The van der Waals surface area contributed by atoms with Crippen molar-refractivity contribution in [2.24, 2.45) is 0 Å². The molecule has 0 aromatic heterocycles. The van der Waals surface area contributed by atoms with Crippen LogP contribution < -0.4 is 4.74 Å². The van der Waals surface area contributed by atoms with E-state index in [-0.39, 0.29) is 18.4 Å². The molecule has 2 aromatic rings. The van der Waals surface area contributed by atoms with Crippen molar-refractivity contribution < 1.29 is 30.0 Å². The third-order valence-corrected chi connectivity index (χ3v) is 9.24. The van der Waals surface area contributed by atoms with Gasteiger partial charge in [-0.3, -0.25) is 0 Å². The molecule has 1 heterocycles. The molecule has 2 aromatic carbocycles. The minimum absolute atomic E-state index is 0.228. The molecule has 0 spiro atoms. The van der Waals surface area contributed by atoms with Crippen LogP contribution in [0.4, 0.5) is 4.79 Å². The molecular formula is C26H36ClNO6S. The number of amides is 1. The quantitative estimate of drug-likeness (QED) is 0.351. The first-order chi connectivity index (χ1) is 16.4. The zero-order valence-corrected chi connectivity index (χ0v) is 22.2. The lowest BCUT2D eigenvalue weighted by molar-refractivity contribution is -0.0561. The third kappa shape index (κ3) is 6.83. The van der Waals surface area contributed by atoms with Crippen LogP contribution in [0.1, 0.15) is 42.7 Å². The third-order valence-electron chi connectivity index (χ3n) is 6.37. The maximum Gasteiger partial charge on any atom is 0.407 e. The second-order valence-corrected chi connectivity index (χ2v) is 12.9. The van der Waals surface area contributed by atoms with Crippen LogP contribution in [0.3, 0.4) is 0 Å². The molecule has 3 rings (SSSR count). The van der Waals surface area contributed by atoms with Gasteiger partial charge in [0.15, 0.2) is 0 Å². The van der Waals surface area contributed by atoms with Crippen molar-refractivity contribution in [3.05, 3.63) is 64.2 Å². The Morgan fingerprint density at radius 1 is 1.11 bits per heavy atom. The first-order valence-electron chi connectivity index (χ1n) is 11.6. The number of hydrogen-bond acceptors (Lipinski definition) is 5. The number of hydrogen-bond donors (Lipinski definition) is 5. The van der Waals surface area contributed by atoms with Crippen LogP contribution in [0.15, 0.2) is 42.5 Å². The summed E-state index contributed by atoms with van der Waals surface area (Å²) in [6.07, 6.45) is -1.43. The molecule has 1 aliphatic rings. The minimum Gasteiger partial charge on any atom is -0.492 e. The van der Waals surface area contributed by atoms with Crippen molar-refractivity contribution in [2.75, 3.05) is 25.2 Å². The number of aliphatic hydroxyl groups is 3. The molecule has 7 nitrogen and oxygen atoms in total. The van der Waals surface area contributed by atoms with Gasteiger partial charge in [0.2, 0.25) is 0 Å². The highest BCUT2D eigenvalue weighted by Gasteiger charge is 2.40. The SMILES string of the molecule is C[SH]1C[C@@H](O)[C@@H](O)[C@@H](O)[C@@H]1c1ccc(Cl)c(Cc2ccc(OCCN(C(=O)O)C(C)(C)C)cc2)c1. The maximum absolute atomic E-state index is 11.4. The molecule has 1 aliphatic heterocycles. The lowest BCUT2D eigenvalue weighted by Gasteiger charge is -2.42. The van der Waals surface area contributed by atoms with Gasteiger partial charge in [0.1, 0.15) is 18.5 Å². The molecule has 0 saturated carbocycles. The lowest BCUT2D eigenvalue weighted by Crippen LogP contribution is -2.47. The van der Waals surface area contributed by atoms with Crippen molar-refractivity contribution in [1.82, 2.24) is 4.90 Å². The van der Waals surface area contributed by atoms with Gasteiger partial charge in [-0.15, -0.1) is 0 Å². The molecule has 4 N–H and O–H groups in total. The summed E-state index contributed by atoms with van der Waals surface area (Å²) >= 11 is 6.48.